The fraction of sp³-hybridized carbons (Fsp3) is 0.312. The number of benzene rings is 1. The van der Waals surface area contributed by atoms with Crippen LogP contribution in [0.2, 0.25) is 0 Å². The van der Waals surface area contributed by atoms with Gasteiger partial charge in [-0.05, 0) is 29.7 Å². The molecule has 1 saturated heterocycles. The molecule has 128 valence electrons. The van der Waals surface area contributed by atoms with Crippen molar-refractivity contribution in [2.45, 2.75) is 18.2 Å². The van der Waals surface area contributed by atoms with Crippen molar-refractivity contribution in [3.63, 3.8) is 0 Å². The number of carbonyl (C=O) groups excluding carboxylic acids is 1. The molecular weight excluding hydrogens is 398 g/mol. The number of halogens is 1. The van der Waals surface area contributed by atoms with Gasteiger partial charge in [-0.25, -0.2) is 9.59 Å². The molecule has 1 aromatic carbocycles. The van der Waals surface area contributed by atoms with Crippen molar-refractivity contribution in [3.8, 4) is 0 Å². The van der Waals surface area contributed by atoms with Crippen molar-refractivity contribution in [1.82, 2.24) is 4.90 Å². The average molecular weight is 414 g/mol. The first-order valence-corrected chi connectivity index (χ1v) is 8.87. The molecule has 3 rings (SSSR count). The number of fused-ring (bicyclic) bond motifs is 1. The van der Waals surface area contributed by atoms with Gasteiger partial charge in [-0.15, -0.1) is 0 Å². The monoisotopic (exact) mass is 413 g/mol. The fourth-order valence-electron chi connectivity index (χ4n) is 2.53. The maximum absolute atomic E-state index is 11.4. The Morgan fingerprint density at radius 2 is 1.92 bits per heavy atom. The number of rotatable bonds is 2. The number of thioether (sulfide) groups is 1. The van der Waals surface area contributed by atoms with Crippen molar-refractivity contribution >= 4 is 44.7 Å². The zero-order valence-electron chi connectivity index (χ0n) is 12.6. The second-order valence-corrected chi connectivity index (χ2v) is 7.41. The lowest BCUT2D eigenvalue weighted by Gasteiger charge is -2.31. The molecule has 24 heavy (non-hydrogen) atoms. The van der Waals surface area contributed by atoms with Crippen LogP contribution < -0.4 is 0 Å². The first-order chi connectivity index (χ1) is 11.4. The SMILES string of the molecule is O=C(O)C(=O)O.O=C1C=C2CN(Cc3ccccc3Br)CCC2S1. The number of carboxylic acid groups (broad SMARTS) is 2. The molecule has 1 unspecified atom stereocenters. The summed E-state index contributed by atoms with van der Waals surface area (Å²) in [5.74, 6) is -3.65. The summed E-state index contributed by atoms with van der Waals surface area (Å²) in [6.07, 6.45) is 2.92. The Bertz CT molecular complexity index is 679. The second-order valence-electron chi connectivity index (χ2n) is 5.35. The number of carboxylic acids is 2. The first-order valence-electron chi connectivity index (χ1n) is 7.20. The van der Waals surface area contributed by atoms with E-state index in [-0.39, 0.29) is 5.12 Å². The zero-order chi connectivity index (χ0) is 17.7. The van der Waals surface area contributed by atoms with E-state index in [0.29, 0.717) is 5.25 Å². The molecule has 2 aliphatic rings. The molecule has 0 aliphatic carbocycles. The van der Waals surface area contributed by atoms with Gasteiger partial charge >= 0.3 is 11.9 Å². The lowest BCUT2D eigenvalue weighted by molar-refractivity contribution is -0.159. The van der Waals surface area contributed by atoms with Gasteiger partial charge in [0.05, 0.1) is 0 Å². The Morgan fingerprint density at radius 3 is 2.54 bits per heavy atom. The lowest BCUT2D eigenvalue weighted by Crippen LogP contribution is -2.35. The average Bonchev–Trinajstić information content (AvgIpc) is 2.89. The quantitative estimate of drug-likeness (QED) is 0.718. The molecule has 0 aromatic heterocycles. The Labute approximate surface area is 151 Å². The van der Waals surface area contributed by atoms with Crippen molar-refractivity contribution < 1.29 is 24.6 Å². The number of piperidine rings is 1. The maximum atomic E-state index is 11.4. The summed E-state index contributed by atoms with van der Waals surface area (Å²) in [7, 11) is 0. The molecule has 1 atom stereocenters. The summed E-state index contributed by atoms with van der Waals surface area (Å²) in [4.78, 5) is 32.0. The van der Waals surface area contributed by atoms with Crippen LogP contribution in [-0.4, -0.2) is 50.5 Å². The highest BCUT2D eigenvalue weighted by molar-refractivity contribution is 9.10. The van der Waals surface area contributed by atoms with Gasteiger partial charge < -0.3 is 10.2 Å². The molecular formula is C16H16BrNO5S. The van der Waals surface area contributed by atoms with Gasteiger partial charge in [-0.2, -0.15) is 0 Å². The second kappa shape index (κ2) is 8.46. The third kappa shape index (κ3) is 5.19. The molecule has 6 nitrogen and oxygen atoms in total. The van der Waals surface area contributed by atoms with Gasteiger partial charge in [0.2, 0.25) is 5.12 Å². The lowest BCUT2D eigenvalue weighted by atomic mass is 10.0. The van der Waals surface area contributed by atoms with E-state index in [9.17, 15) is 4.79 Å². The van der Waals surface area contributed by atoms with E-state index in [1.165, 1.54) is 22.9 Å². The third-order valence-electron chi connectivity index (χ3n) is 3.62. The van der Waals surface area contributed by atoms with Crippen LogP contribution in [0.4, 0.5) is 0 Å². The molecule has 0 bridgehead atoms. The Morgan fingerprint density at radius 1 is 1.25 bits per heavy atom. The predicted octanol–water partition coefficient (Wildman–Crippen LogP) is 2.38. The van der Waals surface area contributed by atoms with Gasteiger partial charge in [0.25, 0.3) is 0 Å². The Hall–Kier alpha value is -1.64. The largest absolute Gasteiger partial charge is 0.473 e. The van der Waals surface area contributed by atoms with Gasteiger partial charge in [0.15, 0.2) is 0 Å². The summed E-state index contributed by atoms with van der Waals surface area (Å²) < 4.78 is 1.16. The first kappa shape index (κ1) is 18.7. The van der Waals surface area contributed by atoms with Crippen LogP contribution in [0.15, 0.2) is 40.4 Å². The molecule has 0 amide bonds. The van der Waals surface area contributed by atoms with Gasteiger partial charge in [0, 0.05) is 29.4 Å². The number of carbonyl (C=O) groups is 3. The number of likely N-dealkylation sites (tertiary alicyclic amines) is 1. The van der Waals surface area contributed by atoms with Crippen molar-refractivity contribution in [2.24, 2.45) is 0 Å². The molecule has 1 aromatic rings. The summed E-state index contributed by atoms with van der Waals surface area (Å²) in [6, 6.07) is 8.34. The van der Waals surface area contributed by atoms with Crippen LogP contribution in [0.5, 0.6) is 0 Å². The van der Waals surface area contributed by atoms with Gasteiger partial charge in [-0.3, -0.25) is 9.69 Å². The molecule has 2 aliphatic heterocycles. The highest BCUT2D eigenvalue weighted by Gasteiger charge is 2.30. The third-order valence-corrected chi connectivity index (χ3v) is 5.57. The summed E-state index contributed by atoms with van der Waals surface area (Å²) >= 11 is 5.08. The van der Waals surface area contributed by atoms with Crippen LogP contribution in [-0.2, 0) is 20.9 Å². The molecule has 2 N–H and O–H groups in total. The number of hydrogen-bond donors (Lipinski definition) is 2. The van der Waals surface area contributed by atoms with Crippen LogP contribution in [0.1, 0.15) is 12.0 Å². The molecule has 8 heteroatoms. The van der Waals surface area contributed by atoms with Crippen molar-refractivity contribution in [3.05, 3.63) is 46.0 Å². The van der Waals surface area contributed by atoms with E-state index in [1.54, 1.807) is 0 Å². The highest BCUT2D eigenvalue weighted by Crippen LogP contribution is 2.35. The molecule has 2 heterocycles. The van der Waals surface area contributed by atoms with E-state index < -0.39 is 11.9 Å². The normalized spacial score (nSPS) is 19.8. The molecule has 1 fully saturated rings. The van der Waals surface area contributed by atoms with Gasteiger partial charge in [0.1, 0.15) is 0 Å². The summed E-state index contributed by atoms with van der Waals surface area (Å²) in [6.45, 7) is 2.96. The molecule has 0 saturated carbocycles. The van der Waals surface area contributed by atoms with Crippen molar-refractivity contribution in [2.75, 3.05) is 13.1 Å². The summed E-state index contributed by atoms with van der Waals surface area (Å²) in [5.41, 5.74) is 2.62. The Kier molecular flexibility index (Phi) is 6.59. The van der Waals surface area contributed by atoms with E-state index in [4.69, 9.17) is 19.8 Å². The van der Waals surface area contributed by atoms with Gasteiger partial charge in [-0.1, -0.05) is 45.9 Å². The number of aliphatic carboxylic acids is 2. The number of hydrogen-bond acceptors (Lipinski definition) is 5. The molecule has 0 radical (unpaired) electrons. The standard InChI is InChI=1S/C14H14BrNOS.C2H2O4/c15-12-4-2-1-3-10(12)8-16-6-5-13-11(9-16)7-14(17)18-13;3-1(4)2(5)6/h1-4,7,13H,5-6,8-9H2;(H,3,4)(H,5,6). The number of nitrogens with zero attached hydrogens (tertiary/aromatic N) is 1. The minimum Gasteiger partial charge on any atom is -0.473 e. The Balaban J connectivity index is 0.000000301. The maximum Gasteiger partial charge on any atom is 0.414 e. The van der Waals surface area contributed by atoms with E-state index in [1.807, 2.05) is 12.1 Å². The minimum atomic E-state index is -1.82. The van der Waals surface area contributed by atoms with Crippen LogP contribution in [0.3, 0.4) is 0 Å². The van der Waals surface area contributed by atoms with Crippen LogP contribution in [0, 0.1) is 0 Å². The highest BCUT2D eigenvalue weighted by atomic mass is 79.9. The van der Waals surface area contributed by atoms with Crippen molar-refractivity contribution in [1.29, 1.82) is 0 Å². The predicted molar refractivity (Wildman–Crippen MR) is 93.8 cm³/mol. The van der Waals surface area contributed by atoms with Crippen LogP contribution in [0.25, 0.3) is 0 Å². The van der Waals surface area contributed by atoms with E-state index in [0.717, 1.165) is 30.5 Å². The van der Waals surface area contributed by atoms with E-state index >= 15 is 0 Å². The zero-order valence-corrected chi connectivity index (χ0v) is 15.0. The molecule has 0 spiro atoms. The smallest absolute Gasteiger partial charge is 0.414 e. The fourth-order valence-corrected chi connectivity index (χ4v) is 3.95. The minimum absolute atomic E-state index is 0.234. The summed E-state index contributed by atoms with van der Waals surface area (Å²) in [5, 5.41) is 15.5. The topological polar surface area (TPSA) is 94.9 Å². The van der Waals surface area contributed by atoms with Crippen LogP contribution >= 0.6 is 27.7 Å². The van der Waals surface area contributed by atoms with E-state index in [2.05, 4.69) is 39.0 Å².